The first-order valence-electron chi connectivity index (χ1n) is 9.66. The molecule has 0 bridgehead atoms. The van der Waals surface area contributed by atoms with Crippen LogP contribution in [0.5, 0.6) is 0 Å². The number of anilines is 1. The number of aromatic nitrogens is 2. The molecule has 30 heavy (non-hydrogen) atoms. The number of esters is 1. The van der Waals surface area contributed by atoms with Gasteiger partial charge in [0.2, 0.25) is 10.0 Å². The van der Waals surface area contributed by atoms with Gasteiger partial charge in [-0.25, -0.2) is 13.0 Å². The van der Waals surface area contributed by atoms with Crippen molar-refractivity contribution in [2.75, 3.05) is 31.6 Å². The van der Waals surface area contributed by atoms with Gasteiger partial charge in [-0.05, 0) is 44.0 Å². The van der Waals surface area contributed by atoms with Crippen molar-refractivity contribution in [3.05, 3.63) is 35.5 Å². The number of rotatable bonds is 8. The Morgan fingerprint density at radius 3 is 2.63 bits per heavy atom. The molecular weight excluding hydrogens is 412 g/mol. The molecule has 1 aliphatic rings. The fourth-order valence-corrected chi connectivity index (χ4v) is 4.75. The van der Waals surface area contributed by atoms with E-state index in [1.54, 1.807) is 19.9 Å². The topological polar surface area (TPSA) is 132 Å². The second-order valence-corrected chi connectivity index (χ2v) is 8.87. The summed E-state index contributed by atoms with van der Waals surface area (Å²) in [5.74, 6) is -0.510. The predicted molar refractivity (Wildman–Crippen MR) is 106 cm³/mol. The Morgan fingerprint density at radius 2 is 2.00 bits per heavy atom. The van der Waals surface area contributed by atoms with Crippen LogP contribution in [-0.2, 0) is 19.6 Å². The molecule has 1 fully saturated rings. The maximum absolute atomic E-state index is 13.0. The molecule has 162 valence electrons. The Morgan fingerprint density at radius 1 is 1.27 bits per heavy atom. The molecular formula is C19H24N4O6S. The van der Waals surface area contributed by atoms with Crippen LogP contribution >= 0.6 is 0 Å². The standard InChI is InChI=1S/C19H24N4O6S/c1-3-28-19(25)14-7-9-23(10-8-14)30(26,27)16-6-4-5-15(11-16)17(24)12-20-18-13(2)21-29-22-18/h4-6,11,14H,3,7-10,12H2,1-2H3,(H,20,22). The zero-order valence-corrected chi connectivity index (χ0v) is 17.6. The molecule has 3 rings (SSSR count). The number of piperidine rings is 1. The first kappa shape index (κ1) is 21.9. The van der Waals surface area contributed by atoms with Crippen molar-refractivity contribution in [3.63, 3.8) is 0 Å². The minimum absolute atomic E-state index is 0.0437. The number of nitrogens with zero attached hydrogens (tertiary/aromatic N) is 3. The molecule has 1 saturated heterocycles. The van der Waals surface area contributed by atoms with Crippen LogP contribution in [0.1, 0.15) is 35.8 Å². The third-order valence-corrected chi connectivity index (χ3v) is 6.83. The predicted octanol–water partition coefficient (Wildman–Crippen LogP) is 1.64. The molecule has 1 aliphatic heterocycles. The first-order chi connectivity index (χ1) is 14.3. The minimum atomic E-state index is -3.77. The van der Waals surface area contributed by atoms with E-state index in [-0.39, 0.29) is 47.8 Å². The highest BCUT2D eigenvalue weighted by Crippen LogP contribution is 2.25. The van der Waals surface area contributed by atoms with Gasteiger partial charge < -0.3 is 10.1 Å². The lowest BCUT2D eigenvalue weighted by molar-refractivity contribution is -0.149. The summed E-state index contributed by atoms with van der Waals surface area (Å²) in [4.78, 5) is 24.4. The lowest BCUT2D eigenvalue weighted by Crippen LogP contribution is -2.40. The van der Waals surface area contributed by atoms with Gasteiger partial charge in [-0.2, -0.15) is 4.31 Å². The molecule has 0 unspecified atom stereocenters. The van der Waals surface area contributed by atoms with Crippen molar-refractivity contribution in [1.29, 1.82) is 0 Å². The number of nitrogens with one attached hydrogen (secondary N) is 1. The van der Waals surface area contributed by atoms with E-state index in [1.165, 1.54) is 22.5 Å². The number of hydrogen-bond donors (Lipinski definition) is 1. The SMILES string of the molecule is CCOC(=O)C1CCN(S(=O)(=O)c2cccc(C(=O)CNc3nonc3C)c2)CC1. The van der Waals surface area contributed by atoms with Gasteiger partial charge in [0.05, 0.1) is 24.0 Å². The first-order valence-corrected chi connectivity index (χ1v) is 11.1. The largest absolute Gasteiger partial charge is 0.466 e. The van der Waals surface area contributed by atoms with Crippen LogP contribution in [0.2, 0.25) is 0 Å². The van der Waals surface area contributed by atoms with Gasteiger partial charge in [0.15, 0.2) is 11.6 Å². The molecule has 0 radical (unpaired) electrons. The number of benzene rings is 1. The molecule has 0 aliphatic carbocycles. The minimum Gasteiger partial charge on any atom is -0.466 e. The zero-order chi connectivity index (χ0) is 21.7. The third-order valence-electron chi connectivity index (χ3n) is 4.94. The lowest BCUT2D eigenvalue weighted by atomic mass is 9.98. The average molecular weight is 436 g/mol. The van der Waals surface area contributed by atoms with E-state index in [4.69, 9.17) is 4.74 Å². The van der Waals surface area contributed by atoms with Crippen molar-refractivity contribution >= 4 is 27.6 Å². The van der Waals surface area contributed by atoms with Crippen molar-refractivity contribution in [2.45, 2.75) is 31.6 Å². The Labute approximate surface area is 174 Å². The van der Waals surface area contributed by atoms with Crippen molar-refractivity contribution in [3.8, 4) is 0 Å². The van der Waals surface area contributed by atoms with Crippen LogP contribution in [0, 0.1) is 12.8 Å². The van der Waals surface area contributed by atoms with Crippen LogP contribution < -0.4 is 5.32 Å². The highest BCUT2D eigenvalue weighted by molar-refractivity contribution is 7.89. The van der Waals surface area contributed by atoms with Crippen LogP contribution in [0.25, 0.3) is 0 Å². The molecule has 1 aromatic heterocycles. The van der Waals surface area contributed by atoms with E-state index in [0.717, 1.165) is 0 Å². The Hall–Kier alpha value is -2.79. The normalized spacial score (nSPS) is 15.7. The summed E-state index contributed by atoms with van der Waals surface area (Å²) in [6.45, 7) is 4.10. The number of sulfonamides is 1. The maximum atomic E-state index is 13.0. The smallest absolute Gasteiger partial charge is 0.309 e. The van der Waals surface area contributed by atoms with E-state index >= 15 is 0 Å². The molecule has 0 atom stereocenters. The summed E-state index contributed by atoms with van der Waals surface area (Å²) in [6.07, 6.45) is 0.817. The fraction of sp³-hybridized carbons (Fsp3) is 0.474. The van der Waals surface area contributed by atoms with Crippen LogP contribution in [0.4, 0.5) is 5.82 Å². The molecule has 11 heteroatoms. The van der Waals surface area contributed by atoms with Crippen LogP contribution in [0.15, 0.2) is 33.8 Å². The molecule has 0 amide bonds. The fourth-order valence-electron chi connectivity index (χ4n) is 3.23. The quantitative estimate of drug-likeness (QED) is 0.484. The number of carbonyl (C=O) groups is 2. The maximum Gasteiger partial charge on any atom is 0.309 e. The van der Waals surface area contributed by atoms with Gasteiger partial charge in [-0.1, -0.05) is 17.3 Å². The summed E-state index contributed by atoms with van der Waals surface area (Å²) in [5.41, 5.74) is 0.782. The second-order valence-electron chi connectivity index (χ2n) is 6.93. The molecule has 10 nitrogen and oxygen atoms in total. The highest BCUT2D eigenvalue weighted by Gasteiger charge is 2.33. The number of hydrogen-bond acceptors (Lipinski definition) is 9. The average Bonchev–Trinajstić information content (AvgIpc) is 3.17. The number of aryl methyl sites for hydroxylation is 1. The van der Waals surface area contributed by atoms with Gasteiger partial charge in [0.1, 0.15) is 5.69 Å². The number of Topliss-reactive ketones (excluding diaryl/α,β-unsaturated/α-hetero) is 1. The van der Waals surface area contributed by atoms with E-state index in [0.29, 0.717) is 31.0 Å². The Bertz CT molecular complexity index is 1010. The zero-order valence-electron chi connectivity index (χ0n) is 16.8. The van der Waals surface area contributed by atoms with Gasteiger partial charge >= 0.3 is 5.97 Å². The monoisotopic (exact) mass is 436 g/mol. The van der Waals surface area contributed by atoms with Crippen LogP contribution in [0.3, 0.4) is 0 Å². The van der Waals surface area contributed by atoms with E-state index in [1.807, 2.05) is 0 Å². The van der Waals surface area contributed by atoms with Crippen molar-refractivity contribution in [1.82, 2.24) is 14.6 Å². The van der Waals surface area contributed by atoms with Crippen LogP contribution in [-0.4, -0.2) is 61.0 Å². The Kier molecular flexibility index (Phi) is 6.83. The number of ketones is 1. The van der Waals surface area contributed by atoms with Gasteiger partial charge in [0, 0.05) is 18.7 Å². The van der Waals surface area contributed by atoms with Gasteiger partial charge in [0.25, 0.3) is 0 Å². The lowest BCUT2D eigenvalue weighted by Gasteiger charge is -2.30. The number of carbonyl (C=O) groups excluding carboxylic acids is 2. The van der Waals surface area contributed by atoms with Crippen molar-refractivity contribution < 1.29 is 27.4 Å². The second kappa shape index (κ2) is 9.35. The summed E-state index contributed by atoms with van der Waals surface area (Å²) in [5, 5.41) is 10.1. The summed E-state index contributed by atoms with van der Waals surface area (Å²) >= 11 is 0. The molecule has 2 heterocycles. The molecule has 1 aromatic carbocycles. The van der Waals surface area contributed by atoms with Gasteiger partial charge in [-0.15, -0.1) is 0 Å². The summed E-state index contributed by atoms with van der Waals surface area (Å²) < 4.78 is 36.9. The molecule has 2 aromatic rings. The Balaban J connectivity index is 1.66. The van der Waals surface area contributed by atoms with E-state index in [9.17, 15) is 18.0 Å². The number of ether oxygens (including phenoxy) is 1. The van der Waals surface area contributed by atoms with E-state index < -0.39 is 10.0 Å². The summed E-state index contributed by atoms with van der Waals surface area (Å²) in [7, 11) is -3.77. The molecule has 0 spiro atoms. The molecule has 1 N–H and O–H groups in total. The third kappa shape index (κ3) is 4.85. The van der Waals surface area contributed by atoms with Crippen molar-refractivity contribution in [2.24, 2.45) is 5.92 Å². The van der Waals surface area contributed by atoms with E-state index in [2.05, 4.69) is 20.3 Å². The molecule has 0 saturated carbocycles. The highest BCUT2D eigenvalue weighted by atomic mass is 32.2. The summed E-state index contributed by atoms with van der Waals surface area (Å²) in [6, 6.07) is 5.92. The van der Waals surface area contributed by atoms with Gasteiger partial charge in [-0.3, -0.25) is 9.59 Å².